The molecule has 1 aliphatic heterocycles. The first-order chi connectivity index (χ1) is 11.5. The predicted molar refractivity (Wildman–Crippen MR) is 92.9 cm³/mol. The molecule has 0 bridgehead atoms. The topological polar surface area (TPSA) is 45.3 Å². The van der Waals surface area contributed by atoms with Gasteiger partial charge in [-0.25, -0.2) is 4.79 Å². The van der Waals surface area contributed by atoms with Gasteiger partial charge in [0, 0.05) is 16.5 Å². The van der Waals surface area contributed by atoms with E-state index in [9.17, 15) is 13.6 Å². The number of carbonyl (C=O) groups is 1. The Morgan fingerprint density at radius 3 is 2.60 bits per heavy atom. The van der Waals surface area contributed by atoms with Gasteiger partial charge in [-0.15, -0.1) is 0 Å². The average Bonchev–Trinajstić information content (AvgIpc) is 2.84. The van der Waals surface area contributed by atoms with E-state index in [0.29, 0.717) is 17.0 Å². The summed E-state index contributed by atoms with van der Waals surface area (Å²) in [5, 5.41) is 0.745. The van der Waals surface area contributed by atoms with E-state index >= 15 is 0 Å². The van der Waals surface area contributed by atoms with Gasteiger partial charge in [0.15, 0.2) is 0 Å². The fourth-order valence-corrected chi connectivity index (χ4v) is 3.12. The molecule has 0 saturated carbocycles. The lowest BCUT2D eigenvalue weighted by Gasteiger charge is -2.34. The number of aromatic amines is 1. The highest BCUT2D eigenvalue weighted by atomic mass is 19.3. The van der Waals surface area contributed by atoms with E-state index in [1.165, 1.54) is 0 Å². The first kappa shape index (κ1) is 17.7. The molecule has 0 radical (unpaired) electrons. The van der Waals surface area contributed by atoms with E-state index in [-0.39, 0.29) is 12.2 Å². The van der Waals surface area contributed by atoms with Crippen LogP contribution in [0, 0.1) is 0 Å². The molecule has 25 heavy (non-hydrogen) atoms. The molecule has 1 amide bonds. The van der Waals surface area contributed by atoms with Crippen molar-refractivity contribution in [3.63, 3.8) is 0 Å². The second-order valence-electron chi connectivity index (χ2n) is 7.98. The minimum Gasteiger partial charge on any atom is -0.444 e. The molecular formula is C19H24F2N2O2. The average molecular weight is 350 g/mol. The Labute approximate surface area is 146 Å². The highest BCUT2D eigenvalue weighted by Gasteiger charge is 2.45. The molecule has 136 valence electrons. The van der Waals surface area contributed by atoms with E-state index in [0.717, 1.165) is 15.8 Å². The molecule has 2 aromatic rings. The van der Waals surface area contributed by atoms with Crippen LogP contribution in [0.1, 0.15) is 57.4 Å². The highest BCUT2D eigenvalue weighted by Crippen LogP contribution is 2.40. The number of hydrogen-bond donors (Lipinski definition) is 1. The van der Waals surface area contributed by atoms with E-state index in [1.54, 1.807) is 20.8 Å². The van der Waals surface area contributed by atoms with Gasteiger partial charge in [-0.05, 0) is 44.4 Å². The first-order valence-electron chi connectivity index (χ1n) is 8.48. The molecule has 4 nitrogen and oxygen atoms in total. The number of benzene rings is 1. The van der Waals surface area contributed by atoms with Crippen molar-refractivity contribution in [1.29, 1.82) is 0 Å². The molecule has 0 saturated heterocycles. The summed E-state index contributed by atoms with van der Waals surface area (Å²) in [5.41, 5.74) is 1.40. The van der Waals surface area contributed by atoms with Crippen molar-refractivity contribution in [3.8, 4) is 0 Å². The number of aromatic nitrogens is 1. The molecule has 1 aliphatic rings. The second-order valence-corrected chi connectivity index (χ2v) is 7.98. The zero-order chi connectivity index (χ0) is 18.6. The number of nitrogens with one attached hydrogen (secondary N) is 1. The van der Waals surface area contributed by atoms with Gasteiger partial charge in [0.25, 0.3) is 0 Å². The Morgan fingerprint density at radius 1 is 1.32 bits per heavy atom. The molecule has 0 fully saturated rings. The smallest absolute Gasteiger partial charge is 0.410 e. The third-order valence-corrected chi connectivity index (χ3v) is 4.35. The number of alkyl halides is 2. The van der Waals surface area contributed by atoms with Gasteiger partial charge >= 0.3 is 12.0 Å². The Kier molecular flexibility index (Phi) is 4.05. The second kappa shape index (κ2) is 5.71. The summed E-state index contributed by atoms with van der Waals surface area (Å²) in [6.07, 6.45) is -0.716. The number of halogens is 2. The van der Waals surface area contributed by atoms with E-state index in [4.69, 9.17) is 4.74 Å². The van der Waals surface area contributed by atoms with Crippen LogP contribution in [-0.2, 0) is 17.2 Å². The monoisotopic (exact) mass is 350 g/mol. The standard InChI is InChI=1S/C19H24F2N2O2/c1-11(2)12-6-7-15-13(8-12)14-9-23(17(24)25-18(3,4)5)10-19(20,21)16(14)22-15/h6-8,11,22H,9-10H2,1-5H3. The van der Waals surface area contributed by atoms with E-state index < -0.39 is 24.2 Å². The number of nitrogens with zero attached hydrogens (tertiary/aromatic N) is 1. The molecule has 0 spiro atoms. The summed E-state index contributed by atoms with van der Waals surface area (Å²) in [6, 6.07) is 5.71. The fraction of sp³-hybridized carbons (Fsp3) is 0.526. The summed E-state index contributed by atoms with van der Waals surface area (Å²) in [6.45, 7) is 8.71. The maximum Gasteiger partial charge on any atom is 0.410 e. The summed E-state index contributed by atoms with van der Waals surface area (Å²) in [7, 11) is 0. The Balaban J connectivity index is 2.04. The van der Waals surface area contributed by atoms with Crippen LogP contribution in [0.15, 0.2) is 18.2 Å². The molecule has 6 heteroatoms. The number of ether oxygens (including phenoxy) is 1. The highest BCUT2D eigenvalue weighted by molar-refractivity contribution is 5.86. The van der Waals surface area contributed by atoms with Gasteiger partial charge in [-0.3, -0.25) is 4.90 Å². The zero-order valence-corrected chi connectivity index (χ0v) is 15.2. The van der Waals surface area contributed by atoms with Crippen LogP contribution < -0.4 is 0 Å². The lowest BCUT2D eigenvalue weighted by atomic mass is 9.97. The quantitative estimate of drug-likeness (QED) is 0.774. The number of H-pyrrole nitrogens is 1. The van der Waals surface area contributed by atoms with Crippen LogP contribution >= 0.6 is 0 Å². The van der Waals surface area contributed by atoms with Crippen LogP contribution in [-0.4, -0.2) is 28.1 Å². The first-order valence-corrected chi connectivity index (χ1v) is 8.48. The normalized spacial score (nSPS) is 17.0. The van der Waals surface area contributed by atoms with Crippen molar-refractivity contribution in [1.82, 2.24) is 9.88 Å². The molecular weight excluding hydrogens is 326 g/mol. The Morgan fingerprint density at radius 2 is 2.00 bits per heavy atom. The molecule has 1 aromatic carbocycles. The summed E-state index contributed by atoms with van der Waals surface area (Å²) >= 11 is 0. The summed E-state index contributed by atoms with van der Waals surface area (Å²) in [4.78, 5) is 16.2. The number of rotatable bonds is 1. The number of carbonyl (C=O) groups excluding carboxylic acids is 1. The number of amides is 1. The van der Waals surface area contributed by atoms with Crippen molar-refractivity contribution < 1.29 is 18.3 Å². The molecule has 3 rings (SSSR count). The third-order valence-electron chi connectivity index (χ3n) is 4.35. The van der Waals surface area contributed by atoms with Gasteiger partial charge in [0.1, 0.15) is 5.60 Å². The number of fused-ring (bicyclic) bond motifs is 3. The van der Waals surface area contributed by atoms with E-state index in [1.807, 2.05) is 18.2 Å². The fourth-order valence-electron chi connectivity index (χ4n) is 3.12. The molecule has 2 heterocycles. The van der Waals surface area contributed by atoms with Crippen LogP contribution in [0.2, 0.25) is 0 Å². The van der Waals surface area contributed by atoms with Gasteiger partial charge < -0.3 is 9.72 Å². The van der Waals surface area contributed by atoms with Crippen molar-refractivity contribution >= 4 is 17.0 Å². The van der Waals surface area contributed by atoms with Crippen molar-refractivity contribution in [2.75, 3.05) is 6.54 Å². The van der Waals surface area contributed by atoms with Crippen LogP contribution in [0.25, 0.3) is 10.9 Å². The van der Waals surface area contributed by atoms with Gasteiger partial charge in [0.05, 0.1) is 18.8 Å². The van der Waals surface area contributed by atoms with Gasteiger partial charge in [-0.2, -0.15) is 8.78 Å². The van der Waals surface area contributed by atoms with Gasteiger partial charge in [0.2, 0.25) is 0 Å². The van der Waals surface area contributed by atoms with E-state index in [2.05, 4.69) is 18.8 Å². The van der Waals surface area contributed by atoms with Crippen molar-refractivity contribution in [3.05, 3.63) is 35.0 Å². The summed E-state index contributed by atoms with van der Waals surface area (Å²) < 4.78 is 34.6. The van der Waals surface area contributed by atoms with Crippen molar-refractivity contribution in [2.24, 2.45) is 0 Å². The summed E-state index contributed by atoms with van der Waals surface area (Å²) in [5.74, 6) is -2.84. The van der Waals surface area contributed by atoms with Crippen LogP contribution in [0.5, 0.6) is 0 Å². The van der Waals surface area contributed by atoms with Crippen LogP contribution in [0.3, 0.4) is 0 Å². The molecule has 1 aromatic heterocycles. The molecule has 1 N–H and O–H groups in total. The maximum atomic E-state index is 14.7. The zero-order valence-electron chi connectivity index (χ0n) is 15.2. The Bertz CT molecular complexity index is 819. The lowest BCUT2D eigenvalue weighted by Crippen LogP contribution is -2.45. The maximum absolute atomic E-state index is 14.7. The van der Waals surface area contributed by atoms with Crippen molar-refractivity contribution in [2.45, 2.75) is 58.6 Å². The predicted octanol–water partition coefficient (Wildman–Crippen LogP) is 5.13. The lowest BCUT2D eigenvalue weighted by molar-refractivity contribution is -0.0614. The largest absolute Gasteiger partial charge is 0.444 e. The minimum absolute atomic E-state index is 0.0942. The Hall–Kier alpha value is -2.11. The van der Waals surface area contributed by atoms with Gasteiger partial charge in [-0.1, -0.05) is 19.9 Å². The molecule has 0 unspecified atom stereocenters. The SMILES string of the molecule is CC(C)c1ccc2[nH]c3c(c2c1)CN(C(=O)OC(C)(C)C)CC3(F)F. The third kappa shape index (κ3) is 3.34. The molecule has 0 atom stereocenters. The number of hydrogen-bond acceptors (Lipinski definition) is 2. The minimum atomic E-state index is -3.14. The molecule has 0 aliphatic carbocycles. The van der Waals surface area contributed by atoms with Crippen LogP contribution in [0.4, 0.5) is 13.6 Å².